The van der Waals surface area contributed by atoms with Crippen LogP contribution < -0.4 is 0 Å². The van der Waals surface area contributed by atoms with E-state index in [2.05, 4.69) is 15.9 Å². The van der Waals surface area contributed by atoms with E-state index in [1.54, 1.807) is 0 Å². The molecular weight excluding hydrogens is 136 g/mol. The SMILES string of the molecule is C#Cc1nc2ccccc2[nH]1. The molecule has 2 heteroatoms. The first-order valence-corrected chi connectivity index (χ1v) is 3.31. The van der Waals surface area contributed by atoms with Crippen molar-refractivity contribution < 1.29 is 0 Å². The van der Waals surface area contributed by atoms with Crippen molar-refractivity contribution in [2.24, 2.45) is 0 Å². The standard InChI is InChI=1S/C9H6N2/c1-2-9-10-7-5-3-4-6-8(7)11-9/h1,3-6H,(H,10,11). The van der Waals surface area contributed by atoms with Gasteiger partial charge in [0.05, 0.1) is 11.0 Å². The molecule has 1 aromatic carbocycles. The molecule has 0 aliphatic rings. The Morgan fingerprint density at radius 2 is 2.18 bits per heavy atom. The van der Waals surface area contributed by atoms with Crippen LogP contribution in [-0.4, -0.2) is 9.97 Å². The van der Waals surface area contributed by atoms with Crippen molar-refractivity contribution in [2.75, 3.05) is 0 Å². The molecular formula is C9H6N2. The number of imidazole rings is 1. The van der Waals surface area contributed by atoms with Gasteiger partial charge in [0, 0.05) is 0 Å². The smallest absolute Gasteiger partial charge is 0.183 e. The summed E-state index contributed by atoms with van der Waals surface area (Å²) in [5, 5.41) is 0. The van der Waals surface area contributed by atoms with Gasteiger partial charge in [-0.05, 0) is 18.1 Å². The van der Waals surface area contributed by atoms with E-state index in [9.17, 15) is 0 Å². The van der Waals surface area contributed by atoms with E-state index in [0.29, 0.717) is 5.82 Å². The lowest BCUT2D eigenvalue weighted by molar-refractivity contribution is 1.28. The Morgan fingerprint density at radius 3 is 2.91 bits per heavy atom. The Hall–Kier alpha value is -1.75. The van der Waals surface area contributed by atoms with Gasteiger partial charge in [-0.2, -0.15) is 0 Å². The van der Waals surface area contributed by atoms with E-state index >= 15 is 0 Å². The van der Waals surface area contributed by atoms with Crippen LogP contribution in [0, 0.1) is 12.3 Å². The molecule has 0 spiro atoms. The molecule has 52 valence electrons. The number of H-pyrrole nitrogens is 1. The summed E-state index contributed by atoms with van der Waals surface area (Å²) in [6.45, 7) is 0. The molecule has 2 rings (SSSR count). The van der Waals surface area contributed by atoms with Gasteiger partial charge in [-0.15, -0.1) is 6.42 Å². The summed E-state index contributed by atoms with van der Waals surface area (Å²) in [5.41, 5.74) is 1.90. The van der Waals surface area contributed by atoms with Gasteiger partial charge in [-0.25, -0.2) is 4.98 Å². The first kappa shape index (κ1) is 5.99. The number of aromatic amines is 1. The minimum atomic E-state index is 0.589. The first-order chi connectivity index (χ1) is 5.40. The fourth-order valence-electron chi connectivity index (χ4n) is 1.02. The van der Waals surface area contributed by atoms with Crippen LogP contribution in [0.1, 0.15) is 5.82 Å². The predicted molar refractivity (Wildman–Crippen MR) is 44.0 cm³/mol. The molecule has 0 bridgehead atoms. The van der Waals surface area contributed by atoms with Gasteiger partial charge in [0.2, 0.25) is 0 Å². The summed E-state index contributed by atoms with van der Waals surface area (Å²) in [5.74, 6) is 3.04. The molecule has 0 atom stereocenters. The summed E-state index contributed by atoms with van der Waals surface area (Å²) in [7, 11) is 0. The Balaban J connectivity index is 2.81. The molecule has 1 aromatic heterocycles. The number of aromatic nitrogens is 2. The van der Waals surface area contributed by atoms with Gasteiger partial charge < -0.3 is 4.98 Å². The molecule has 0 aliphatic carbocycles. The molecule has 0 saturated heterocycles. The molecule has 2 nitrogen and oxygen atoms in total. The first-order valence-electron chi connectivity index (χ1n) is 3.31. The second-order valence-corrected chi connectivity index (χ2v) is 2.25. The van der Waals surface area contributed by atoms with Crippen molar-refractivity contribution >= 4 is 11.0 Å². The molecule has 2 aromatic rings. The highest BCUT2D eigenvalue weighted by atomic mass is 14.9. The van der Waals surface area contributed by atoms with Crippen LogP contribution in [0.2, 0.25) is 0 Å². The predicted octanol–water partition coefficient (Wildman–Crippen LogP) is 1.54. The van der Waals surface area contributed by atoms with Crippen molar-refractivity contribution in [1.82, 2.24) is 9.97 Å². The minimum Gasteiger partial charge on any atom is -0.331 e. The summed E-state index contributed by atoms with van der Waals surface area (Å²) in [6, 6.07) is 7.75. The van der Waals surface area contributed by atoms with Gasteiger partial charge in [-0.3, -0.25) is 0 Å². The Bertz CT molecular complexity index is 387. The van der Waals surface area contributed by atoms with Crippen LogP contribution in [0.4, 0.5) is 0 Å². The number of hydrogen-bond acceptors (Lipinski definition) is 1. The van der Waals surface area contributed by atoms with Crippen LogP contribution in [0.5, 0.6) is 0 Å². The highest BCUT2D eigenvalue weighted by molar-refractivity contribution is 5.75. The molecule has 1 N–H and O–H groups in total. The largest absolute Gasteiger partial charge is 0.331 e. The van der Waals surface area contributed by atoms with Crippen LogP contribution in [-0.2, 0) is 0 Å². The molecule has 0 aliphatic heterocycles. The van der Waals surface area contributed by atoms with Crippen LogP contribution in [0.15, 0.2) is 24.3 Å². The highest BCUT2D eigenvalue weighted by Gasteiger charge is 1.96. The number of nitrogens with one attached hydrogen (secondary N) is 1. The van der Waals surface area contributed by atoms with E-state index in [1.165, 1.54) is 0 Å². The summed E-state index contributed by atoms with van der Waals surface area (Å²) in [4.78, 5) is 7.14. The fraction of sp³-hybridized carbons (Fsp3) is 0. The van der Waals surface area contributed by atoms with E-state index in [4.69, 9.17) is 6.42 Å². The van der Waals surface area contributed by atoms with Crippen LogP contribution in [0.25, 0.3) is 11.0 Å². The molecule has 0 amide bonds. The Kier molecular flexibility index (Phi) is 1.16. The van der Waals surface area contributed by atoms with E-state index in [-0.39, 0.29) is 0 Å². The number of rotatable bonds is 0. The summed E-state index contributed by atoms with van der Waals surface area (Å²) < 4.78 is 0. The van der Waals surface area contributed by atoms with Gasteiger partial charge >= 0.3 is 0 Å². The second-order valence-electron chi connectivity index (χ2n) is 2.25. The van der Waals surface area contributed by atoms with E-state index in [1.807, 2.05) is 24.3 Å². The van der Waals surface area contributed by atoms with Gasteiger partial charge in [0.25, 0.3) is 0 Å². The maximum Gasteiger partial charge on any atom is 0.183 e. The molecule has 11 heavy (non-hydrogen) atoms. The lowest BCUT2D eigenvalue weighted by Crippen LogP contribution is -1.71. The van der Waals surface area contributed by atoms with Crippen LogP contribution >= 0.6 is 0 Å². The molecule has 0 fully saturated rings. The van der Waals surface area contributed by atoms with Crippen molar-refractivity contribution in [3.05, 3.63) is 30.1 Å². The number of benzene rings is 1. The zero-order valence-electron chi connectivity index (χ0n) is 5.83. The third-order valence-electron chi connectivity index (χ3n) is 1.53. The minimum absolute atomic E-state index is 0.589. The van der Waals surface area contributed by atoms with Crippen molar-refractivity contribution in [1.29, 1.82) is 0 Å². The normalized spacial score (nSPS) is 9.73. The lowest BCUT2D eigenvalue weighted by atomic mass is 10.3. The molecule has 0 saturated carbocycles. The average molecular weight is 142 g/mol. The van der Waals surface area contributed by atoms with Gasteiger partial charge in [0.1, 0.15) is 0 Å². The quantitative estimate of drug-likeness (QED) is 0.555. The van der Waals surface area contributed by atoms with E-state index < -0.39 is 0 Å². The topological polar surface area (TPSA) is 28.7 Å². The molecule has 0 unspecified atom stereocenters. The Morgan fingerprint density at radius 1 is 1.36 bits per heavy atom. The lowest BCUT2D eigenvalue weighted by Gasteiger charge is -1.81. The van der Waals surface area contributed by atoms with Crippen LogP contribution in [0.3, 0.4) is 0 Å². The third kappa shape index (κ3) is 0.870. The number of nitrogens with zero attached hydrogens (tertiary/aromatic N) is 1. The number of para-hydroxylation sites is 2. The molecule has 1 heterocycles. The van der Waals surface area contributed by atoms with Gasteiger partial charge in [-0.1, -0.05) is 12.1 Å². The molecule has 0 radical (unpaired) electrons. The zero-order valence-corrected chi connectivity index (χ0v) is 5.83. The van der Waals surface area contributed by atoms with Crippen molar-refractivity contribution in [3.63, 3.8) is 0 Å². The maximum atomic E-state index is 5.17. The third-order valence-corrected chi connectivity index (χ3v) is 1.53. The van der Waals surface area contributed by atoms with E-state index in [0.717, 1.165) is 11.0 Å². The Labute approximate surface area is 64.3 Å². The number of fused-ring (bicyclic) bond motifs is 1. The number of hydrogen-bond donors (Lipinski definition) is 1. The second kappa shape index (κ2) is 2.14. The fourth-order valence-corrected chi connectivity index (χ4v) is 1.02. The highest BCUT2D eigenvalue weighted by Crippen LogP contribution is 2.08. The van der Waals surface area contributed by atoms with Gasteiger partial charge in [0.15, 0.2) is 5.82 Å². The maximum absolute atomic E-state index is 5.17. The number of terminal acetylenes is 1. The monoisotopic (exact) mass is 142 g/mol. The average Bonchev–Trinajstić information content (AvgIpc) is 2.46. The van der Waals surface area contributed by atoms with Crippen molar-refractivity contribution in [2.45, 2.75) is 0 Å². The zero-order chi connectivity index (χ0) is 7.68. The van der Waals surface area contributed by atoms with Crippen molar-refractivity contribution in [3.8, 4) is 12.3 Å². The summed E-state index contributed by atoms with van der Waals surface area (Å²) >= 11 is 0. The summed E-state index contributed by atoms with van der Waals surface area (Å²) in [6.07, 6.45) is 5.17.